The van der Waals surface area contributed by atoms with Crippen LogP contribution in [0.25, 0.3) is 0 Å². The van der Waals surface area contributed by atoms with Crippen LogP contribution in [0.15, 0.2) is 66.1 Å². The number of nitrogens with zero attached hydrogens (tertiary/aromatic N) is 2. The molecule has 2 N–H and O–H groups in total. The fourth-order valence-electron chi connectivity index (χ4n) is 4.30. The fourth-order valence-corrected chi connectivity index (χ4v) is 4.50. The molecular formula is C29H26ClN3O7. The topological polar surface area (TPSA) is 147 Å². The highest BCUT2D eigenvalue weighted by atomic mass is 35.5. The van der Waals surface area contributed by atoms with Crippen LogP contribution in [-0.2, 0) is 0 Å². The molecule has 0 bridgehead atoms. The lowest BCUT2D eigenvalue weighted by atomic mass is 9.83. The molecule has 1 atom stereocenters. The predicted molar refractivity (Wildman–Crippen MR) is 147 cm³/mol. The summed E-state index contributed by atoms with van der Waals surface area (Å²) < 4.78 is 22.6. The van der Waals surface area contributed by atoms with Crippen molar-refractivity contribution in [1.82, 2.24) is 0 Å². The molecule has 0 spiro atoms. The molecule has 3 aromatic rings. The summed E-state index contributed by atoms with van der Waals surface area (Å²) in [5.74, 6) is -0.106. The van der Waals surface area contributed by atoms with Crippen LogP contribution in [0.2, 0.25) is 5.02 Å². The second-order valence-corrected chi connectivity index (χ2v) is 9.31. The molecule has 0 saturated carbocycles. The highest BCUT2D eigenvalue weighted by Gasteiger charge is 2.32. The standard InChI is InChI=1S/C29H26ClN3O7/c1-3-4-5-12-38-24-11-6-17(13-26(24)37-2)27-20-9-8-19(15-25(20)40-28(32)22(27)16-31)39-29(34)21-14-18(33(35)36)7-10-23(21)30/h6-11,13-15,27H,3-5,12,32H2,1-2H3. The number of hydrogen-bond donors (Lipinski definition) is 1. The maximum absolute atomic E-state index is 12.8. The van der Waals surface area contributed by atoms with Gasteiger partial charge in [-0.3, -0.25) is 10.1 Å². The number of unbranched alkanes of at least 4 members (excludes halogenated alkanes) is 2. The number of carbonyl (C=O) groups excluding carboxylic acids is 1. The van der Waals surface area contributed by atoms with Gasteiger partial charge in [-0.1, -0.05) is 43.5 Å². The minimum Gasteiger partial charge on any atom is -0.493 e. The average Bonchev–Trinajstić information content (AvgIpc) is 2.94. The van der Waals surface area contributed by atoms with Crippen molar-refractivity contribution < 1.29 is 28.7 Å². The van der Waals surface area contributed by atoms with Gasteiger partial charge in [0, 0.05) is 23.8 Å². The van der Waals surface area contributed by atoms with E-state index in [9.17, 15) is 20.2 Å². The summed E-state index contributed by atoms with van der Waals surface area (Å²) >= 11 is 6.07. The summed E-state index contributed by atoms with van der Waals surface area (Å²) in [7, 11) is 1.54. The van der Waals surface area contributed by atoms with E-state index in [0.717, 1.165) is 30.9 Å². The van der Waals surface area contributed by atoms with Crippen LogP contribution < -0.4 is 24.7 Å². The van der Waals surface area contributed by atoms with Crippen LogP contribution in [0, 0.1) is 21.4 Å². The molecule has 1 aliphatic heterocycles. The van der Waals surface area contributed by atoms with Gasteiger partial charge >= 0.3 is 5.97 Å². The van der Waals surface area contributed by atoms with E-state index < -0.39 is 16.8 Å². The third-order valence-electron chi connectivity index (χ3n) is 6.31. The second-order valence-electron chi connectivity index (χ2n) is 8.90. The summed E-state index contributed by atoms with van der Waals surface area (Å²) in [6.45, 7) is 2.68. The van der Waals surface area contributed by atoms with Gasteiger partial charge < -0.3 is 24.7 Å². The molecule has 10 nitrogen and oxygen atoms in total. The van der Waals surface area contributed by atoms with Crippen molar-refractivity contribution >= 4 is 23.3 Å². The number of methoxy groups -OCH3 is 1. The second kappa shape index (κ2) is 12.4. The number of allylic oxidation sites excluding steroid dienone is 1. The molecule has 0 radical (unpaired) electrons. The Kier molecular flexibility index (Phi) is 8.76. The van der Waals surface area contributed by atoms with Gasteiger partial charge in [0.1, 0.15) is 23.1 Å². The first-order valence-electron chi connectivity index (χ1n) is 12.5. The Morgan fingerprint density at radius 3 is 2.65 bits per heavy atom. The molecule has 11 heteroatoms. The van der Waals surface area contributed by atoms with Crippen molar-refractivity contribution in [3.05, 3.63) is 97.9 Å². The Bertz CT molecular complexity index is 1530. The van der Waals surface area contributed by atoms with Gasteiger partial charge in [-0.2, -0.15) is 5.26 Å². The van der Waals surface area contributed by atoms with Crippen molar-refractivity contribution in [3.63, 3.8) is 0 Å². The van der Waals surface area contributed by atoms with Crippen LogP contribution in [0.5, 0.6) is 23.0 Å². The fraction of sp³-hybridized carbons (Fsp3) is 0.241. The number of nitro benzene ring substituents is 1. The Hall–Kier alpha value is -4.75. The minimum absolute atomic E-state index is 0.00227. The molecule has 1 unspecified atom stereocenters. The lowest BCUT2D eigenvalue weighted by Gasteiger charge is -2.27. The molecule has 206 valence electrons. The van der Waals surface area contributed by atoms with E-state index in [1.165, 1.54) is 24.3 Å². The van der Waals surface area contributed by atoms with Crippen LogP contribution >= 0.6 is 11.6 Å². The minimum atomic E-state index is -0.888. The number of esters is 1. The quantitative estimate of drug-likeness (QED) is 0.0991. The molecule has 0 fully saturated rings. The first-order chi connectivity index (χ1) is 19.3. The molecule has 0 aliphatic carbocycles. The summed E-state index contributed by atoms with van der Waals surface area (Å²) in [6, 6.07) is 15.7. The third kappa shape index (κ3) is 5.95. The van der Waals surface area contributed by atoms with Crippen molar-refractivity contribution in [2.75, 3.05) is 13.7 Å². The Morgan fingerprint density at radius 1 is 1.15 bits per heavy atom. The summed E-state index contributed by atoms with van der Waals surface area (Å²) in [6.07, 6.45) is 3.06. The molecule has 0 amide bonds. The number of fused-ring (bicyclic) bond motifs is 1. The van der Waals surface area contributed by atoms with E-state index >= 15 is 0 Å². The zero-order chi connectivity index (χ0) is 28.8. The molecule has 1 aliphatic rings. The number of hydrogen-bond acceptors (Lipinski definition) is 9. The van der Waals surface area contributed by atoms with Crippen LogP contribution in [0.1, 0.15) is 53.6 Å². The van der Waals surface area contributed by atoms with Gasteiger partial charge in [-0.15, -0.1) is 0 Å². The molecular weight excluding hydrogens is 538 g/mol. The molecule has 0 saturated heterocycles. The number of rotatable bonds is 10. The lowest BCUT2D eigenvalue weighted by Crippen LogP contribution is -2.21. The third-order valence-corrected chi connectivity index (χ3v) is 6.64. The van der Waals surface area contributed by atoms with Gasteiger partial charge in [0.15, 0.2) is 11.5 Å². The van der Waals surface area contributed by atoms with E-state index in [2.05, 4.69) is 13.0 Å². The number of ether oxygens (including phenoxy) is 4. The van der Waals surface area contributed by atoms with Gasteiger partial charge in [0.2, 0.25) is 5.88 Å². The Labute approximate surface area is 235 Å². The van der Waals surface area contributed by atoms with Crippen LogP contribution in [-0.4, -0.2) is 24.6 Å². The van der Waals surface area contributed by atoms with E-state index in [-0.39, 0.29) is 39.2 Å². The summed E-state index contributed by atoms with van der Waals surface area (Å²) in [4.78, 5) is 23.2. The number of halogens is 1. The molecule has 3 aromatic carbocycles. The van der Waals surface area contributed by atoms with Gasteiger partial charge in [-0.05, 0) is 36.2 Å². The monoisotopic (exact) mass is 563 g/mol. The maximum Gasteiger partial charge on any atom is 0.345 e. The number of benzene rings is 3. The maximum atomic E-state index is 12.8. The number of carbonyl (C=O) groups is 1. The first-order valence-corrected chi connectivity index (χ1v) is 12.8. The smallest absolute Gasteiger partial charge is 0.345 e. The highest BCUT2D eigenvalue weighted by Crippen LogP contribution is 2.45. The zero-order valence-electron chi connectivity index (χ0n) is 21.8. The number of nitriles is 1. The predicted octanol–water partition coefficient (Wildman–Crippen LogP) is 6.26. The SMILES string of the molecule is CCCCCOc1ccc(C2C(C#N)=C(N)Oc3cc(OC(=O)c4cc([N+](=O)[O-])ccc4Cl)ccc32)cc1OC. The van der Waals surface area contributed by atoms with Crippen molar-refractivity contribution in [1.29, 1.82) is 5.26 Å². The largest absolute Gasteiger partial charge is 0.493 e. The highest BCUT2D eigenvalue weighted by molar-refractivity contribution is 6.33. The lowest BCUT2D eigenvalue weighted by molar-refractivity contribution is -0.384. The number of nitrogens with two attached hydrogens (primary N) is 1. The van der Waals surface area contributed by atoms with E-state index in [4.69, 9.17) is 36.3 Å². The normalized spacial score (nSPS) is 14.0. The Balaban J connectivity index is 1.65. The van der Waals surface area contributed by atoms with Gasteiger partial charge in [-0.25, -0.2) is 4.79 Å². The van der Waals surface area contributed by atoms with Crippen molar-refractivity contribution in [3.8, 4) is 29.1 Å². The van der Waals surface area contributed by atoms with Crippen molar-refractivity contribution in [2.45, 2.75) is 32.1 Å². The van der Waals surface area contributed by atoms with Gasteiger partial charge in [0.25, 0.3) is 5.69 Å². The number of nitro groups is 1. The van der Waals surface area contributed by atoms with E-state index in [1.807, 2.05) is 6.07 Å². The van der Waals surface area contributed by atoms with E-state index in [0.29, 0.717) is 23.7 Å². The zero-order valence-corrected chi connectivity index (χ0v) is 22.6. The van der Waals surface area contributed by atoms with Crippen LogP contribution in [0.4, 0.5) is 5.69 Å². The molecule has 4 rings (SSSR count). The first kappa shape index (κ1) is 28.3. The average molecular weight is 564 g/mol. The summed E-state index contributed by atoms with van der Waals surface area (Å²) in [5.41, 5.74) is 7.19. The summed E-state index contributed by atoms with van der Waals surface area (Å²) in [5, 5.41) is 21.0. The number of non-ortho nitro benzene ring substituents is 1. The molecule has 40 heavy (non-hydrogen) atoms. The van der Waals surface area contributed by atoms with Crippen molar-refractivity contribution in [2.24, 2.45) is 5.73 Å². The van der Waals surface area contributed by atoms with E-state index in [1.54, 1.807) is 25.3 Å². The van der Waals surface area contributed by atoms with Gasteiger partial charge in [0.05, 0.1) is 35.1 Å². The molecule has 1 heterocycles. The molecule has 0 aromatic heterocycles. The Morgan fingerprint density at radius 2 is 1.95 bits per heavy atom. The van der Waals surface area contributed by atoms with Crippen LogP contribution in [0.3, 0.4) is 0 Å².